The summed E-state index contributed by atoms with van der Waals surface area (Å²) in [7, 11) is 0. The van der Waals surface area contributed by atoms with Gasteiger partial charge in [0.2, 0.25) is 11.8 Å². The van der Waals surface area contributed by atoms with Crippen LogP contribution in [0.2, 0.25) is 10.0 Å². The highest BCUT2D eigenvalue weighted by Crippen LogP contribution is 2.51. The lowest BCUT2D eigenvalue weighted by atomic mass is 9.71. The molecule has 3 aliphatic rings. The number of benzene rings is 1. The van der Waals surface area contributed by atoms with Crippen LogP contribution in [-0.4, -0.2) is 47.3 Å². The van der Waals surface area contributed by atoms with E-state index in [1.807, 2.05) is 11.0 Å². The molecule has 8 heteroatoms. The Morgan fingerprint density at radius 3 is 2.64 bits per heavy atom. The van der Waals surface area contributed by atoms with Gasteiger partial charge in [0, 0.05) is 41.2 Å². The van der Waals surface area contributed by atoms with E-state index in [0.29, 0.717) is 35.0 Å². The molecule has 2 heterocycles. The Balaban J connectivity index is 1.65. The zero-order valence-corrected chi connectivity index (χ0v) is 20.5. The van der Waals surface area contributed by atoms with Crippen LogP contribution in [0.3, 0.4) is 0 Å². The number of amides is 2. The fourth-order valence-electron chi connectivity index (χ4n) is 5.39. The van der Waals surface area contributed by atoms with Gasteiger partial charge in [0.15, 0.2) is 0 Å². The number of likely N-dealkylation sites (tertiary alicyclic amines) is 2. The van der Waals surface area contributed by atoms with E-state index in [1.54, 1.807) is 30.0 Å². The third-order valence-electron chi connectivity index (χ3n) is 7.04. The van der Waals surface area contributed by atoms with Crippen molar-refractivity contribution in [2.75, 3.05) is 19.7 Å². The van der Waals surface area contributed by atoms with Crippen LogP contribution in [-0.2, 0) is 25.7 Å². The number of esters is 1. The second kappa shape index (κ2) is 10.1. The normalized spacial score (nSPS) is 25.0. The van der Waals surface area contributed by atoms with Crippen molar-refractivity contribution in [3.05, 3.63) is 45.6 Å². The van der Waals surface area contributed by atoms with E-state index in [-0.39, 0.29) is 37.4 Å². The Bertz CT molecular complexity index is 973. The number of hydrogen-bond acceptors (Lipinski definition) is 4. The first-order chi connectivity index (χ1) is 15.9. The van der Waals surface area contributed by atoms with Crippen molar-refractivity contribution in [2.45, 2.75) is 58.4 Å². The molecule has 4 rings (SSSR count). The molecule has 2 saturated heterocycles. The van der Waals surface area contributed by atoms with Gasteiger partial charge in [-0.1, -0.05) is 35.3 Å². The standard InChI is InChI=1S/C25H30Cl2N2O4/c1-2-33-24(32)25-10-6-7-21(25)29(16-17-8-9-19(26)14-20(17)27)23(31)18(15-25)13-22(30)28-11-4-3-5-12-28/h7-9,14,18H,2-6,10-13,15-16H2,1H3/t18-,25+/m1/s1. The summed E-state index contributed by atoms with van der Waals surface area (Å²) < 4.78 is 5.47. The van der Waals surface area contributed by atoms with Crippen molar-refractivity contribution < 1.29 is 19.1 Å². The summed E-state index contributed by atoms with van der Waals surface area (Å²) in [6.07, 6.45) is 6.74. The van der Waals surface area contributed by atoms with E-state index in [4.69, 9.17) is 27.9 Å². The maximum absolute atomic E-state index is 13.7. The van der Waals surface area contributed by atoms with Gasteiger partial charge in [-0.25, -0.2) is 0 Å². The highest BCUT2D eigenvalue weighted by Gasteiger charge is 2.55. The summed E-state index contributed by atoms with van der Waals surface area (Å²) in [6, 6.07) is 5.17. The van der Waals surface area contributed by atoms with Crippen LogP contribution in [0.1, 0.15) is 57.4 Å². The molecule has 0 spiro atoms. The first-order valence-corrected chi connectivity index (χ1v) is 12.5. The van der Waals surface area contributed by atoms with Gasteiger partial charge in [0.1, 0.15) is 5.41 Å². The van der Waals surface area contributed by atoms with Crippen LogP contribution in [0, 0.1) is 11.3 Å². The van der Waals surface area contributed by atoms with E-state index < -0.39 is 11.3 Å². The number of halogens is 2. The lowest BCUT2D eigenvalue weighted by Gasteiger charge is -2.44. The van der Waals surface area contributed by atoms with Gasteiger partial charge in [-0.3, -0.25) is 14.4 Å². The van der Waals surface area contributed by atoms with Crippen LogP contribution >= 0.6 is 23.2 Å². The molecule has 0 radical (unpaired) electrons. The Kier molecular flexibility index (Phi) is 7.34. The Morgan fingerprint density at radius 2 is 1.94 bits per heavy atom. The van der Waals surface area contributed by atoms with Crippen molar-refractivity contribution >= 4 is 41.0 Å². The fourth-order valence-corrected chi connectivity index (χ4v) is 5.85. The summed E-state index contributed by atoms with van der Waals surface area (Å²) in [5.41, 5.74) is 0.511. The van der Waals surface area contributed by atoms with Crippen LogP contribution in [0.4, 0.5) is 0 Å². The second-order valence-corrected chi connectivity index (χ2v) is 9.98. The third kappa shape index (κ3) is 4.78. The van der Waals surface area contributed by atoms with E-state index in [2.05, 4.69) is 0 Å². The lowest BCUT2D eigenvalue weighted by molar-refractivity contribution is -0.161. The van der Waals surface area contributed by atoms with Crippen molar-refractivity contribution in [3.8, 4) is 0 Å². The number of carbonyl (C=O) groups is 3. The molecule has 0 saturated carbocycles. The van der Waals surface area contributed by atoms with E-state index in [9.17, 15) is 14.4 Å². The van der Waals surface area contributed by atoms with Crippen molar-refractivity contribution in [3.63, 3.8) is 0 Å². The van der Waals surface area contributed by atoms with Gasteiger partial charge in [-0.2, -0.15) is 0 Å². The molecule has 0 aromatic heterocycles. The maximum atomic E-state index is 13.7. The molecule has 6 nitrogen and oxygen atoms in total. The van der Waals surface area contributed by atoms with Gasteiger partial charge in [-0.15, -0.1) is 0 Å². The van der Waals surface area contributed by atoms with Crippen LogP contribution in [0.15, 0.2) is 30.0 Å². The minimum atomic E-state index is -0.907. The van der Waals surface area contributed by atoms with Gasteiger partial charge in [0.25, 0.3) is 0 Å². The number of hydrogen-bond donors (Lipinski definition) is 0. The van der Waals surface area contributed by atoms with Gasteiger partial charge in [0.05, 0.1) is 13.2 Å². The smallest absolute Gasteiger partial charge is 0.318 e. The quantitative estimate of drug-likeness (QED) is 0.525. The summed E-state index contributed by atoms with van der Waals surface area (Å²) in [4.78, 5) is 43.4. The average Bonchev–Trinajstić information content (AvgIpc) is 3.23. The molecular weight excluding hydrogens is 463 g/mol. The van der Waals surface area contributed by atoms with E-state index >= 15 is 0 Å². The van der Waals surface area contributed by atoms with E-state index in [1.165, 1.54) is 0 Å². The monoisotopic (exact) mass is 492 g/mol. The maximum Gasteiger partial charge on any atom is 0.318 e. The topological polar surface area (TPSA) is 66.9 Å². The molecule has 1 aromatic carbocycles. The Morgan fingerprint density at radius 1 is 1.18 bits per heavy atom. The minimum absolute atomic E-state index is 0.0121. The Hall–Kier alpha value is -2.05. The predicted molar refractivity (Wildman–Crippen MR) is 127 cm³/mol. The molecule has 178 valence electrons. The zero-order chi connectivity index (χ0) is 23.6. The number of rotatable bonds is 6. The summed E-state index contributed by atoms with van der Waals surface area (Å²) in [6.45, 7) is 3.73. The predicted octanol–water partition coefficient (Wildman–Crippen LogP) is 4.97. The average molecular weight is 493 g/mol. The van der Waals surface area contributed by atoms with Crippen LogP contribution in [0.25, 0.3) is 0 Å². The zero-order valence-electron chi connectivity index (χ0n) is 18.9. The molecule has 2 atom stereocenters. The molecule has 0 unspecified atom stereocenters. The lowest BCUT2D eigenvalue weighted by Crippen LogP contribution is -2.52. The third-order valence-corrected chi connectivity index (χ3v) is 7.63. The Labute approximate surface area is 204 Å². The summed E-state index contributed by atoms with van der Waals surface area (Å²) in [5, 5.41) is 0.974. The highest BCUT2D eigenvalue weighted by molar-refractivity contribution is 6.35. The second-order valence-electron chi connectivity index (χ2n) is 9.14. The number of carbonyl (C=O) groups excluding carboxylic acids is 3. The van der Waals surface area contributed by atoms with Gasteiger partial charge < -0.3 is 14.5 Å². The molecule has 0 bridgehead atoms. The summed E-state index contributed by atoms with van der Waals surface area (Å²) in [5.74, 6) is -1.05. The molecule has 1 aliphatic carbocycles. The van der Waals surface area contributed by atoms with E-state index in [0.717, 1.165) is 37.9 Å². The fraction of sp³-hybridized carbons (Fsp3) is 0.560. The van der Waals surface area contributed by atoms with Crippen LogP contribution < -0.4 is 0 Å². The van der Waals surface area contributed by atoms with Crippen LogP contribution in [0.5, 0.6) is 0 Å². The van der Waals surface area contributed by atoms with Gasteiger partial charge >= 0.3 is 5.97 Å². The number of fused-ring (bicyclic) bond motifs is 1. The molecular formula is C25H30Cl2N2O4. The molecule has 33 heavy (non-hydrogen) atoms. The first kappa shape index (κ1) is 24.1. The SMILES string of the molecule is CCOC(=O)[C@]12CCC=C1N(Cc1ccc(Cl)cc1Cl)C(=O)[C@H](CC(=O)N1CCCCC1)C2. The summed E-state index contributed by atoms with van der Waals surface area (Å²) >= 11 is 12.5. The van der Waals surface area contributed by atoms with Crippen molar-refractivity contribution in [1.29, 1.82) is 0 Å². The molecule has 1 aromatic rings. The largest absolute Gasteiger partial charge is 0.465 e. The molecule has 2 fully saturated rings. The number of ether oxygens (including phenoxy) is 1. The van der Waals surface area contributed by atoms with Crippen molar-refractivity contribution in [2.24, 2.45) is 11.3 Å². The van der Waals surface area contributed by atoms with Gasteiger partial charge in [-0.05, 0) is 63.1 Å². The molecule has 2 amide bonds. The first-order valence-electron chi connectivity index (χ1n) is 11.8. The highest BCUT2D eigenvalue weighted by atomic mass is 35.5. The minimum Gasteiger partial charge on any atom is -0.465 e. The molecule has 0 N–H and O–H groups in total. The number of allylic oxidation sites excluding steroid dienone is 1. The molecule has 2 aliphatic heterocycles. The number of piperidine rings is 2. The van der Waals surface area contributed by atoms with Crippen molar-refractivity contribution in [1.82, 2.24) is 9.80 Å². The number of nitrogens with zero attached hydrogens (tertiary/aromatic N) is 2.